The fourth-order valence-corrected chi connectivity index (χ4v) is 3.31. The van der Waals surface area contributed by atoms with E-state index in [1.165, 1.54) is 12.1 Å². The number of fused-ring (bicyclic) bond motifs is 1. The summed E-state index contributed by atoms with van der Waals surface area (Å²) in [7, 11) is 0. The van der Waals surface area contributed by atoms with Gasteiger partial charge in [-0.05, 0) is 42.0 Å². The third-order valence-corrected chi connectivity index (χ3v) is 4.64. The van der Waals surface area contributed by atoms with Crippen LogP contribution in [0.25, 0.3) is 22.2 Å². The molecule has 0 bridgehead atoms. The lowest BCUT2D eigenvalue weighted by molar-refractivity contribution is -0.137. The number of carboxylic acids is 1. The Morgan fingerprint density at radius 3 is 2.41 bits per heavy atom. The number of carboxylic acid groups (broad SMARTS) is 1. The number of halogens is 3. The number of carbonyl (C=O) groups is 1. The number of nitrogens with zero attached hydrogens (tertiary/aromatic N) is 2. The Labute approximate surface area is 163 Å². The molecule has 0 aliphatic carbocycles. The molecule has 0 amide bonds. The van der Waals surface area contributed by atoms with Gasteiger partial charge in [-0.1, -0.05) is 36.4 Å². The number of pyridine rings is 1. The van der Waals surface area contributed by atoms with Crippen LogP contribution in [0.3, 0.4) is 0 Å². The van der Waals surface area contributed by atoms with Crippen LogP contribution in [-0.4, -0.2) is 20.6 Å². The Hall–Kier alpha value is -3.61. The number of hydrogen-bond donors (Lipinski definition) is 1. The van der Waals surface area contributed by atoms with E-state index in [9.17, 15) is 23.1 Å². The van der Waals surface area contributed by atoms with E-state index in [2.05, 4.69) is 4.98 Å². The van der Waals surface area contributed by atoms with E-state index < -0.39 is 17.7 Å². The van der Waals surface area contributed by atoms with Crippen molar-refractivity contribution >= 4 is 16.9 Å². The molecule has 29 heavy (non-hydrogen) atoms. The molecule has 2 heterocycles. The van der Waals surface area contributed by atoms with Crippen molar-refractivity contribution < 1.29 is 23.1 Å². The fourth-order valence-electron chi connectivity index (χ4n) is 3.31. The predicted molar refractivity (Wildman–Crippen MR) is 103 cm³/mol. The van der Waals surface area contributed by atoms with Crippen LogP contribution in [0.4, 0.5) is 13.2 Å². The maximum absolute atomic E-state index is 13.1. The first-order valence-electron chi connectivity index (χ1n) is 8.78. The zero-order valence-electron chi connectivity index (χ0n) is 15.0. The molecule has 0 saturated carbocycles. The van der Waals surface area contributed by atoms with Gasteiger partial charge < -0.3 is 9.67 Å². The standard InChI is InChI=1S/C22H15F3N2O2/c23-22(24,25)16-9-10-19-15(11-16)12-20(14-5-2-1-3-6-14)27(19)13-17-7-4-8-18(26-17)21(28)29/h1-12H,13H2,(H,28,29). The van der Waals surface area contributed by atoms with Gasteiger partial charge in [-0.2, -0.15) is 13.2 Å². The molecule has 0 aliphatic heterocycles. The molecule has 0 aliphatic rings. The highest BCUT2D eigenvalue weighted by molar-refractivity contribution is 5.88. The highest BCUT2D eigenvalue weighted by Crippen LogP contribution is 2.35. The normalized spacial score (nSPS) is 11.7. The monoisotopic (exact) mass is 396 g/mol. The minimum Gasteiger partial charge on any atom is -0.477 e. The molecule has 1 N–H and O–H groups in total. The largest absolute Gasteiger partial charge is 0.477 e. The van der Waals surface area contributed by atoms with Crippen molar-refractivity contribution in [2.75, 3.05) is 0 Å². The molecule has 146 valence electrons. The lowest BCUT2D eigenvalue weighted by Gasteiger charge is -2.12. The zero-order chi connectivity index (χ0) is 20.6. The molecular weight excluding hydrogens is 381 g/mol. The Bertz CT molecular complexity index is 1200. The van der Waals surface area contributed by atoms with E-state index >= 15 is 0 Å². The summed E-state index contributed by atoms with van der Waals surface area (Å²) >= 11 is 0. The van der Waals surface area contributed by atoms with E-state index in [1.807, 2.05) is 34.9 Å². The van der Waals surface area contributed by atoms with Gasteiger partial charge in [0.15, 0.2) is 0 Å². The van der Waals surface area contributed by atoms with E-state index in [4.69, 9.17) is 0 Å². The highest BCUT2D eigenvalue weighted by atomic mass is 19.4. The molecule has 0 atom stereocenters. The Morgan fingerprint density at radius 2 is 1.72 bits per heavy atom. The summed E-state index contributed by atoms with van der Waals surface area (Å²) in [4.78, 5) is 15.4. The van der Waals surface area contributed by atoms with Crippen molar-refractivity contribution in [2.24, 2.45) is 0 Å². The van der Waals surface area contributed by atoms with Gasteiger partial charge in [0.1, 0.15) is 5.69 Å². The zero-order valence-corrected chi connectivity index (χ0v) is 15.0. The van der Waals surface area contributed by atoms with Crippen LogP contribution in [0, 0.1) is 0 Å². The van der Waals surface area contributed by atoms with Gasteiger partial charge in [-0.15, -0.1) is 0 Å². The quantitative estimate of drug-likeness (QED) is 0.498. The second-order valence-electron chi connectivity index (χ2n) is 6.57. The third-order valence-electron chi connectivity index (χ3n) is 4.64. The molecule has 0 fully saturated rings. The van der Waals surface area contributed by atoms with Crippen molar-refractivity contribution in [3.8, 4) is 11.3 Å². The van der Waals surface area contributed by atoms with Gasteiger partial charge in [0.2, 0.25) is 0 Å². The number of alkyl halides is 3. The van der Waals surface area contributed by atoms with E-state index in [1.54, 1.807) is 18.2 Å². The molecule has 0 radical (unpaired) electrons. The van der Waals surface area contributed by atoms with Crippen LogP contribution in [0.15, 0.2) is 72.8 Å². The summed E-state index contributed by atoms with van der Waals surface area (Å²) in [6.07, 6.45) is -4.43. The Kier molecular flexibility index (Phi) is 4.58. The Morgan fingerprint density at radius 1 is 0.966 bits per heavy atom. The first kappa shape index (κ1) is 18.7. The van der Waals surface area contributed by atoms with Crippen molar-refractivity contribution in [3.05, 3.63) is 89.7 Å². The van der Waals surface area contributed by atoms with Crippen molar-refractivity contribution in [1.29, 1.82) is 0 Å². The minimum absolute atomic E-state index is 0.0837. The summed E-state index contributed by atoms with van der Waals surface area (Å²) in [6.45, 7) is 0.222. The minimum atomic E-state index is -4.43. The second-order valence-corrected chi connectivity index (χ2v) is 6.57. The Balaban J connectivity index is 1.88. The molecule has 4 aromatic rings. The SMILES string of the molecule is O=C(O)c1cccc(Cn2c(-c3ccccc3)cc3cc(C(F)(F)F)ccc32)n1. The van der Waals surface area contributed by atoms with Crippen molar-refractivity contribution in [2.45, 2.75) is 12.7 Å². The van der Waals surface area contributed by atoms with Crippen LogP contribution >= 0.6 is 0 Å². The summed E-state index contributed by atoms with van der Waals surface area (Å²) in [6, 6.07) is 19.3. The van der Waals surface area contributed by atoms with Crippen LogP contribution in [0.5, 0.6) is 0 Å². The summed E-state index contributed by atoms with van der Waals surface area (Å²) < 4.78 is 41.3. The summed E-state index contributed by atoms with van der Waals surface area (Å²) in [5, 5.41) is 9.62. The van der Waals surface area contributed by atoms with E-state index in [-0.39, 0.29) is 12.2 Å². The third kappa shape index (κ3) is 3.71. The lowest BCUT2D eigenvalue weighted by atomic mass is 10.1. The molecule has 0 spiro atoms. The van der Waals surface area contributed by atoms with Crippen LogP contribution in [0.1, 0.15) is 21.7 Å². The summed E-state index contributed by atoms with van der Waals surface area (Å²) in [5.74, 6) is -1.14. The molecule has 2 aromatic carbocycles. The van der Waals surface area contributed by atoms with Gasteiger partial charge in [0, 0.05) is 16.6 Å². The van der Waals surface area contributed by atoms with Gasteiger partial charge in [0.25, 0.3) is 0 Å². The maximum atomic E-state index is 13.1. The topological polar surface area (TPSA) is 55.1 Å². The molecule has 2 aromatic heterocycles. The van der Waals surface area contributed by atoms with Crippen LogP contribution < -0.4 is 0 Å². The smallest absolute Gasteiger partial charge is 0.416 e. The molecular formula is C22H15F3N2O2. The van der Waals surface area contributed by atoms with Gasteiger partial charge >= 0.3 is 12.1 Å². The summed E-state index contributed by atoms with van der Waals surface area (Å²) in [5.41, 5.74) is 1.88. The molecule has 4 nitrogen and oxygen atoms in total. The number of hydrogen-bond acceptors (Lipinski definition) is 2. The number of aromatic nitrogens is 2. The predicted octanol–water partition coefficient (Wildman–Crippen LogP) is 5.47. The lowest BCUT2D eigenvalue weighted by Crippen LogP contribution is -2.08. The first-order chi connectivity index (χ1) is 13.8. The molecule has 4 rings (SSSR count). The molecule has 7 heteroatoms. The fraction of sp³-hybridized carbons (Fsp3) is 0.0909. The average molecular weight is 396 g/mol. The molecule has 0 unspecified atom stereocenters. The highest BCUT2D eigenvalue weighted by Gasteiger charge is 2.30. The molecule has 0 saturated heterocycles. The number of benzene rings is 2. The van der Waals surface area contributed by atoms with Crippen LogP contribution in [0.2, 0.25) is 0 Å². The van der Waals surface area contributed by atoms with Crippen LogP contribution in [-0.2, 0) is 12.7 Å². The van der Waals surface area contributed by atoms with Gasteiger partial charge in [0.05, 0.1) is 17.8 Å². The van der Waals surface area contributed by atoms with Gasteiger partial charge in [-0.25, -0.2) is 9.78 Å². The number of aromatic carboxylic acids is 1. The number of rotatable bonds is 4. The maximum Gasteiger partial charge on any atom is 0.416 e. The average Bonchev–Trinajstić information content (AvgIpc) is 3.06. The van der Waals surface area contributed by atoms with Gasteiger partial charge in [-0.3, -0.25) is 0 Å². The van der Waals surface area contributed by atoms with E-state index in [0.717, 1.165) is 23.4 Å². The van der Waals surface area contributed by atoms with Crippen molar-refractivity contribution in [3.63, 3.8) is 0 Å². The van der Waals surface area contributed by atoms with E-state index in [0.29, 0.717) is 16.6 Å². The second kappa shape index (κ2) is 7.09. The van der Waals surface area contributed by atoms with Crippen molar-refractivity contribution in [1.82, 2.24) is 9.55 Å². The first-order valence-corrected chi connectivity index (χ1v) is 8.78.